The average Bonchev–Trinajstić information content (AvgIpc) is 3.52. The lowest BCUT2D eigenvalue weighted by molar-refractivity contribution is -0.264. The van der Waals surface area contributed by atoms with E-state index in [2.05, 4.69) is 51.9 Å². The summed E-state index contributed by atoms with van der Waals surface area (Å²) in [5.74, 6) is -0.0438. The van der Waals surface area contributed by atoms with E-state index in [1.165, 1.54) is 6.92 Å². The molecule has 0 saturated heterocycles. The number of carbonyl (C=O) groups is 2. The number of nitrogens with zero attached hydrogens (tertiary/aromatic N) is 3. The zero-order chi connectivity index (χ0) is 32.4. The lowest BCUT2D eigenvalue weighted by Gasteiger charge is -2.72. The number of ketones is 1. The molecule has 4 aliphatic carbocycles. The van der Waals surface area contributed by atoms with Gasteiger partial charge in [0, 0.05) is 19.4 Å². The molecule has 10 atom stereocenters. The van der Waals surface area contributed by atoms with Crippen LogP contribution in [0.1, 0.15) is 119 Å². The summed E-state index contributed by atoms with van der Waals surface area (Å²) < 4.78 is 8.05. The molecule has 0 aliphatic heterocycles. The first-order valence-corrected chi connectivity index (χ1v) is 17.0. The van der Waals surface area contributed by atoms with Gasteiger partial charge in [-0.1, -0.05) is 53.2 Å². The quantitative estimate of drug-likeness (QED) is 0.273. The number of rotatable bonds is 8. The van der Waals surface area contributed by atoms with Crippen LogP contribution in [0.15, 0.2) is 17.3 Å². The molecule has 0 spiro atoms. The van der Waals surface area contributed by atoms with Gasteiger partial charge >= 0.3 is 5.97 Å². The molecule has 0 amide bonds. The first-order valence-electron chi connectivity index (χ1n) is 17.0. The molecular weight excluding hydrogens is 556 g/mol. The number of carbonyl (C=O) groups excluding carboxylic acids is 2. The zero-order valence-corrected chi connectivity index (χ0v) is 28.2. The van der Waals surface area contributed by atoms with Gasteiger partial charge in [-0.2, -0.15) is 0 Å². The van der Waals surface area contributed by atoms with Crippen molar-refractivity contribution >= 4 is 11.8 Å². The molecule has 0 aromatic carbocycles. The third-order valence-electron chi connectivity index (χ3n) is 13.4. The molecule has 0 unspecified atom stereocenters. The predicted octanol–water partition coefficient (Wildman–Crippen LogP) is 5.08. The lowest BCUT2D eigenvalue weighted by atomic mass is 9.34. The van der Waals surface area contributed by atoms with Crippen molar-refractivity contribution in [1.29, 1.82) is 0 Å². The first kappa shape index (κ1) is 33.3. The summed E-state index contributed by atoms with van der Waals surface area (Å²) in [7, 11) is 0. The van der Waals surface area contributed by atoms with Crippen LogP contribution in [-0.2, 0) is 26.4 Å². The minimum atomic E-state index is -0.641. The van der Waals surface area contributed by atoms with E-state index in [0.717, 1.165) is 43.3 Å². The molecule has 5 rings (SSSR count). The molecule has 4 fully saturated rings. The van der Waals surface area contributed by atoms with Crippen molar-refractivity contribution in [2.75, 3.05) is 0 Å². The largest absolute Gasteiger partial charge is 0.458 e. The number of hydrogen-bond acceptors (Lipinski definition) is 8. The fraction of sp³-hybridized carbons (Fsp3) is 0.829. The number of aliphatic hydroxyl groups excluding tert-OH is 2. The molecule has 4 saturated carbocycles. The van der Waals surface area contributed by atoms with Crippen LogP contribution in [0.5, 0.6) is 0 Å². The normalized spacial score (nSPS) is 42.8. The van der Waals surface area contributed by atoms with E-state index >= 15 is 0 Å². The molecule has 44 heavy (non-hydrogen) atoms. The maximum absolute atomic E-state index is 13.3. The Balaban J connectivity index is 1.65. The van der Waals surface area contributed by atoms with Crippen molar-refractivity contribution in [1.82, 2.24) is 15.0 Å². The SMILES string of the molecule is CC(=O)O[C@H]1C[C@@]2(C)[C@@H](C[C@@H](O)[C@@H]3[C@]2(C)CC[C@@]2(n4cc(CN)nn4)[C@H](C)[C@H](O)CC[C@]32C)/C1=C(\CCCC(C)C)C(C)=O. The Morgan fingerprint density at radius 1 is 1.09 bits per heavy atom. The van der Waals surface area contributed by atoms with Gasteiger partial charge in [-0.15, -0.1) is 5.10 Å². The third-order valence-corrected chi connectivity index (χ3v) is 13.4. The second-order valence-electron chi connectivity index (χ2n) is 15.8. The number of nitrogens with two attached hydrogens (primary N) is 1. The Morgan fingerprint density at radius 2 is 1.80 bits per heavy atom. The summed E-state index contributed by atoms with van der Waals surface area (Å²) in [5, 5.41) is 32.7. The van der Waals surface area contributed by atoms with Gasteiger partial charge in [-0.3, -0.25) is 9.59 Å². The number of fused-ring (bicyclic) bond motifs is 5. The van der Waals surface area contributed by atoms with E-state index in [1.54, 1.807) is 6.92 Å². The zero-order valence-electron chi connectivity index (χ0n) is 28.2. The van der Waals surface area contributed by atoms with Gasteiger partial charge in [0.15, 0.2) is 5.78 Å². The van der Waals surface area contributed by atoms with Gasteiger partial charge in [-0.05, 0) is 103 Å². The fourth-order valence-corrected chi connectivity index (χ4v) is 11.2. The summed E-state index contributed by atoms with van der Waals surface area (Å²) in [6.07, 6.45) is 7.04. The van der Waals surface area contributed by atoms with Gasteiger partial charge in [-0.25, -0.2) is 4.68 Å². The number of aromatic nitrogens is 3. The Kier molecular flexibility index (Phi) is 8.78. The third kappa shape index (κ3) is 4.74. The van der Waals surface area contributed by atoms with Crippen LogP contribution in [0.25, 0.3) is 0 Å². The maximum atomic E-state index is 13.3. The van der Waals surface area contributed by atoms with Crippen molar-refractivity contribution in [2.24, 2.45) is 45.7 Å². The van der Waals surface area contributed by atoms with Crippen molar-refractivity contribution in [3.8, 4) is 0 Å². The van der Waals surface area contributed by atoms with Crippen LogP contribution >= 0.6 is 0 Å². The predicted molar refractivity (Wildman–Crippen MR) is 168 cm³/mol. The average molecular weight is 613 g/mol. The molecule has 0 bridgehead atoms. The molecule has 1 heterocycles. The fourth-order valence-electron chi connectivity index (χ4n) is 11.2. The van der Waals surface area contributed by atoms with Crippen LogP contribution in [-0.4, -0.2) is 55.3 Å². The number of esters is 1. The van der Waals surface area contributed by atoms with Gasteiger partial charge < -0.3 is 20.7 Å². The van der Waals surface area contributed by atoms with E-state index in [4.69, 9.17) is 10.5 Å². The van der Waals surface area contributed by atoms with Crippen LogP contribution in [0.3, 0.4) is 0 Å². The van der Waals surface area contributed by atoms with Gasteiger partial charge in [0.05, 0.1) is 29.6 Å². The topological polar surface area (TPSA) is 141 Å². The highest BCUT2D eigenvalue weighted by Crippen LogP contribution is 2.76. The molecule has 4 aliphatic rings. The van der Waals surface area contributed by atoms with Crippen LogP contribution in [0.2, 0.25) is 0 Å². The highest BCUT2D eigenvalue weighted by Gasteiger charge is 2.75. The second kappa shape index (κ2) is 11.6. The molecule has 1 aromatic rings. The number of allylic oxidation sites excluding steroid dienone is 1. The number of hydrogen-bond donors (Lipinski definition) is 3. The Hall–Kier alpha value is -2.10. The lowest BCUT2D eigenvalue weighted by Crippen LogP contribution is -2.72. The van der Waals surface area contributed by atoms with E-state index < -0.39 is 29.3 Å². The molecule has 1 aromatic heterocycles. The van der Waals surface area contributed by atoms with Crippen LogP contribution in [0, 0.1) is 39.9 Å². The van der Waals surface area contributed by atoms with E-state index in [9.17, 15) is 19.8 Å². The van der Waals surface area contributed by atoms with Crippen molar-refractivity contribution in [3.63, 3.8) is 0 Å². The van der Waals surface area contributed by atoms with Gasteiger partial charge in [0.1, 0.15) is 6.10 Å². The van der Waals surface area contributed by atoms with Crippen LogP contribution in [0.4, 0.5) is 0 Å². The number of Topliss-reactive ketones (excluding diaryl/α,β-unsaturated/α-hetero) is 1. The van der Waals surface area contributed by atoms with Crippen LogP contribution < -0.4 is 5.73 Å². The van der Waals surface area contributed by atoms with Crippen molar-refractivity contribution in [3.05, 3.63) is 23.0 Å². The minimum Gasteiger partial charge on any atom is -0.458 e. The van der Waals surface area contributed by atoms with E-state index in [1.807, 2.05) is 10.9 Å². The second-order valence-corrected chi connectivity index (χ2v) is 15.8. The molecule has 0 radical (unpaired) electrons. The van der Waals surface area contributed by atoms with E-state index in [-0.39, 0.29) is 46.9 Å². The molecule has 246 valence electrons. The highest BCUT2D eigenvalue weighted by atomic mass is 16.5. The Labute approximate surface area is 263 Å². The molecular formula is C35H56N4O5. The van der Waals surface area contributed by atoms with Crippen molar-refractivity contribution in [2.45, 2.75) is 144 Å². The summed E-state index contributed by atoms with van der Waals surface area (Å²) >= 11 is 0. The standard InChI is InChI=1S/C35H56N4O5/c1-20(2)10-9-11-25(22(4)40)30-26-16-28(43)31-32(6,34(26,8)17-29(30)44-23(5)41)14-15-35(39-19-24(18-36)37-38-39)21(3)27(42)12-13-33(31,35)7/h19-21,26-29,31,42-43H,9-18,36H2,1-8H3/b30-25-/t21-,26+,27-,28-,29+,31-,32+,33-,34+,35-/m1/s1. The molecule has 9 heteroatoms. The van der Waals surface area contributed by atoms with E-state index in [0.29, 0.717) is 37.3 Å². The maximum Gasteiger partial charge on any atom is 0.303 e. The smallest absolute Gasteiger partial charge is 0.303 e. The minimum absolute atomic E-state index is 0.0403. The Morgan fingerprint density at radius 3 is 2.39 bits per heavy atom. The summed E-state index contributed by atoms with van der Waals surface area (Å²) in [6.45, 7) is 16.8. The van der Waals surface area contributed by atoms with Gasteiger partial charge in [0.25, 0.3) is 0 Å². The summed E-state index contributed by atoms with van der Waals surface area (Å²) in [4.78, 5) is 25.8. The monoisotopic (exact) mass is 612 g/mol. The summed E-state index contributed by atoms with van der Waals surface area (Å²) in [5.41, 5.74) is 6.82. The highest BCUT2D eigenvalue weighted by molar-refractivity contribution is 5.94. The molecule has 9 nitrogen and oxygen atoms in total. The Bertz CT molecular complexity index is 1310. The van der Waals surface area contributed by atoms with Crippen molar-refractivity contribution < 1.29 is 24.5 Å². The van der Waals surface area contributed by atoms with Gasteiger partial charge in [0.2, 0.25) is 0 Å². The number of ether oxygens (including phenoxy) is 1. The summed E-state index contributed by atoms with van der Waals surface area (Å²) in [6, 6.07) is 0. The first-order chi connectivity index (χ1) is 20.6. The number of aliphatic hydroxyl groups is 2. The molecule has 4 N–H and O–H groups in total.